The molecule has 2 rings (SSSR count). The Bertz CT molecular complexity index is 795. The van der Waals surface area contributed by atoms with Crippen LogP contribution in [0.25, 0.3) is 0 Å². The molecular formula is C14H17N2NaO8S2. The van der Waals surface area contributed by atoms with Crippen LogP contribution in [0.2, 0.25) is 0 Å². The normalized spacial score (nSPS) is 21.6. The molecule has 1 fully saturated rings. The number of rotatable bonds is 7. The largest absolute Gasteiger partial charge is 1.00 e. The van der Waals surface area contributed by atoms with E-state index in [2.05, 4.69) is 5.32 Å². The smallest absolute Gasteiger partial charge is 0.543 e. The van der Waals surface area contributed by atoms with Gasteiger partial charge < -0.3 is 20.0 Å². The number of hydrogen-bond acceptors (Lipinski definition) is 9. The summed E-state index contributed by atoms with van der Waals surface area (Å²) in [7, 11) is -3.55. The van der Waals surface area contributed by atoms with Crippen LogP contribution in [0.15, 0.2) is 11.3 Å². The van der Waals surface area contributed by atoms with Gasteiger partial charge in [-0.15, -0.1) is 11.8 Å². The summed E-state index contributed by atoms with van der Waals surface area (Å²) in [4.78, 5) is 47.4. The van der Waals surface area contributed by atoms with Crippen molar-refractivity contribution in [1.82, 2.24) is 10.2 Å². The number of thioether (sulfide) groups is 1. The van der Waals surface area contributed by atoms with Crippen molar-refractivity contribution in [2.24, 2.45) is 0 Å². The summed E-state index contributed by atoms with van der Waals surface area (Å²) >= 11 is 1.17. The van der Waals surface area contributed by atoms with Crippen LogP contribution >= 0.6 is 11.8 Å². The monoisotopic (exact) mass is 428 g/mol. The Hall–Kier alpha value is -1.08. The summed E-state index contributed by atoms with van der Waals surface area (Å²) in [5, 5.41) is 13.1. The van der Waals surface area contributed by atoms with Crippen LogP contribution in [-0.2, 0) is 33.8 Å². The molecule has 0 unspecified atom stereocenters. The molecule has 2 aliphatic heterocycles. The number of hydrogen-bond donors (Lipinski definition) is 1. The van der Waals surface area contributed by atoms with Gasteiger partial charge in [-0.2, -0.15) is 0 Å². The number of ether oxygens (including phenoxy) is 1. The van der Waals surface area contributed by atoms with Gasteiger partial charge in [0.25, 0.3) is 5.91 Å². The van der Waals surface area contributed by atoms with E-state index in [1.165, 1.54) is 25.6 Å². The van der Waals surface area contributed by atoms with E-state index in [0.29, 0.717) is 0 Å². The van der Waals surface area contributed by atoms with Crippen LogP contribution < -0.4 is 40.0 Å². The number of carboxylic acids is 1. The maximum Gasteiger partial charge on any atom is 1.00 e. The van der Waals surface area contributed by atoms with E-state index in [1.54, 1.807) is 0 Å². The van der Waals surface area contributed by atoms with Crippen molar-refractivity contribution < 1.29 is 67.0 Å². The second-order valence-electron chi connectivity index (χ2n) is 5.65. The number of β-lactam (4-membered cyclic amide) rings is 1. The van der Waals surface area contributed by atoms with Gasteiger partial charge in [0, 0.05) is 24.0 Å². The fourth-order valence-corrected chi connectivity index (χ4v) is 4.50. The molecular weight excluding hydrogens is 411 g/mol. The van der Waals surface area contributed by atoms with Gasteiger partial charge in [0.2, 0.25) is 5.91 Å². The van der Waals surface area contributed by atoms with Crippen LogP contribution in [0.3, 0.4) is 0 Å². The molecule has 2 heterocycles. The first-order valence-electron chi connectivity index (χ1n) is 7.58. The molecule has 0 spiro atoms. The number of carbonyl (C=O) groups is 4. The van der Waals surface area contributed by atoms with E-state index in [9.17, 15) is 32.7 Å². The third kappa shape index (κ3) is 5.47. The minimum atomic E-state index is -3.55. The Kier molecular flexibility index (Phi) is 8.35. The molecule has 1 N–H and O–H groups in total. The van der Waals surface area contributed by atoms with Crippen molar-refractivity contribution in [2.75, 3.05) is 23.9 Å². The molecule has 10 nitrogen and oxygen atoms in total. The topological polar surface area (TPSA) is 150 Å². The molecule has 1 saturated heterocycles. The second kappa shape index (κ2) is 9.41. The number of carboxylic acid groups (broad SMARTS) is 1. The third-order valence-electron chi connectivity index (χ3n) is 3.80. The van der Waals surface area contributed by atoms with Gasteiger partial charge in [-0.25, -0.2) is 8.42 Å². The second-order valence-corrected chi connectivity index (χ2v) is 9.11. The van der Waals surface area contributed by atoms with Crippen molar-refractivity contribution >= 4 is 45.4 Å². The Morgan fingerprint density at radius 2 is 2.00 bits per heavy atom. The number of fused-ring (bicyclic) bond motifs is 1. The van der Waals surface area contributed by atoms with Crippen molar-refractivity contribution in [3.05, 3.63) is 11.3 Å². The van der Waals surface area contributed by atoms with E-state index < -0.39 is 50.8 Å². The van der Waals surface area contributed by atoms with E-state index in [4.69, 9.17) is 4.74 Å². The number of nitrogens with one attached hydrogen (secondary N) is 1. The van der Waals surface area contributed by atoms with E-state index in [-0.39, 0.29) is 58.9 Å². The first kappa shape index (κ1) is 24.0. The van der Waals surface area contributed by atoms with Crippen LogP contribution in [0.5, 0.6) is 0 Å². The number of carbonyl (C=O) groups excluding carboxylic acids is 4. The summed E-state index contributed by atoms with van der Waals surface area (Å²) in [6.07, 6.45) is 0. The third-order valence-corrected chi connectivity index (χ3v) is 6.72. The molecule has 0 bridgehead atoms. The van der Waals surface area contributed by atoms with Gasteiger partial charge in [0.05, 0.1) is 11.7 Å². The van der Waals surface area contributed by atoms with Crippen LogP contribution in [0.4, 0.5) is 0 Å². The van der Waals surface area contributed by atoms with Gasteiger partial charge in [-0.05, 0) is 0 Å². The zero-order chi connectivity index (χ0) is 19.6. The fraction of sp³-hybridized carbons (Fsp3) is 0.571. The molecule has 2 aliphatic rings. The molecule has 0 aromatic heterocycles. The summed E-state index contributed by atoms with van der Waals surface area (Å²) in [6, 6.07) is -1.02. The molecule has 144 valence electrons. The van der Waals surface area contributed by atoms with E-state index in [1.807, 2.05) is 0 Å². The number of esters is 1. The molecule has 0 saturated carbocycles. The average molecular weight is 428 g/mol. The zero-order valence-electron chi connectivity index (χ0n) is 15.0. The molecule has 27 heavy (non-hydrogen) atoms. The first-order chi connectivity index (χ1) is 12.1. The summed E-state index contributed by atoms with van der Waals surface area (Å²) in [6.45, 7) is 2.29. The van der Waals surface area contributed by atoms with Gasteiger partial charge in [0.15, 0.2) is 9.84 Å². The minimum Gasteiger partial charge on any atom is -0.543 e. The fourth-order valence-electron chi connectivity index (χ4n) is 2.49. The van der Waals surface area contributed by atoms with Gasteiger partial charge in [-0.1, -0.05) is 6.92 Å². The van der Waals surface area contributed by atoms with Crippen LogP contribution in [0.1, 0.15) is 13.8 Å². The van der Waals surface area contributed by atoms with E-state index >= 15 is 0 Å². The first-order valence-corrected chi connectivity index (χ1v) is 10.5. The molecule has 0 aromatic carbocycles. The Labute approximate surface area is 182 Å². The summed E-state index contributed by atoms with van der Waals surface area (Å²) in [5.74, 6) is -4.50. The van der Waals surface area contributed by atoms with Crippen molar-refractivity contribution in [3.63, 3.8) is 0 Å². The Morgan fingerprint density at radius 1 is 1.37 bits per heavy atom. The Morgan fingerprint density at radius 3 is 2.52 bits per heavy atom. The molecule has 2 atom stereocenters. The van der Waals surface area contributed by atoms with Crippen molar-refractivity contribution in [2.45, 2.75) is 25.3 Å². The predicted molar refractivity (Wildman–Crippen MR) is 88.0 cm³/mol. The minimum absolute atomic E-state index is 0. The maximum absolute atomic E-state index is 12.3. The van der Waals surface area contributed by atoms with Crippen molar-refractivity contribution in [3.8, 4) is 0 Å². The van der Waals surface area contributed by atoms with Gasteiger partial charge >= 0.3 is 35.5 Å². The summed E-state index contributed by atoms with van der Waals surface area (Å²) in [5.41, 5.74) is -0.167. The van der Waals surface area contributed by atoms with Gasteiger partial charge in [0.1, 0.15) is 23.8 Å². The molecule has 0 radical (unpaired) electrons. The van der Waals surface area contributed by atoms with E-state index in [0.717, 1.165) is 4.90 Å². The number of nitrogens with zero attached hydrogens (tertiary/aromatic N) is 1. The standard InChI is InChI=1S/C14H18N2O8S2.Na/c1-3-26(22,23)6-9(18)15-10-12(19)16-11(14(20)21)8(4-24-7(2)17)5-25-13(10)16;/h10,13H,3-6H2,1-2H3,(H,15,18)(H,20,21);/q;+1/p-1/t10-,13-;/m1./s1. The van der Waals surface area contributed by atoms with Crippen LogP contribution in [-0.4, -0.2) is 72.4 Å². The SMILES string of the molecule is CCS(=O)(=O)CC(=O)N[C@@H]1C(=O)N2C(C(=O)[O-])=C(COC(C)=O)CS[C@H]12.[Na+]. The van der Waals surface area contributed by atoms with Gasteiger partial charge in [-0.3, -0.25) is 19.3 Å². The average Bonchev–Trinajstić information content (AvgIpc) is 2.56. The summed E-state index contributed by atoms with van der Waals surface area (Å²) < 4.78 is 27.7. The predicted octanol–water partition coefficient (Wildman–Crippen LogP) is -5.61. The molecule has 2 amide bonds. The van der Waals surface area contributed by atoms with Crippen molar-refractivity contribution in [1.29, 1.82) is 0 Å². The zero-order valence-corrected chi connectivity index (χ0v) is 18.6. The molecule has 13 heteroatoms. The maximum atomic E-state index is 12.3. The Balaban J connectivity index is 0.00000364. The number of aliphatic carboxylic acids is 1. The quantitative estimate of drug-likeness (QED) is 0.238. The number of sulfone groups is 1. The molecule has 0 aliphatic carbocycles. The molecule has 0 aromatic rings. The van der Waals surface area contributed by atoms with Crippen LogP contribution in [0, 0.1) is 0 Å². The number of amides is 2.